The van der Waals surface area contributed by atoms with E-state index in [1.165, 1.54) is 11.3 Å². The summed E-state index contributed by atoms with van der Waals surface area (Å²) in [6.45, 7) is 4.41. The monoisotopic (exact) mass is 398 g/mol. The van der Waals surface area contributed by atoms with E-state index in [1.54, 1.807) is 20.1 Å². The van der Waals surface area contributed by atoms with Gasteiger partial charge in [-0.1, -0.05) is 29.0 Å². The fourth-order valence-electron chi connectivity index (χ4n) is 2.84. The minimum Gasteiger partial charge on any atom is -0.497 e. The summed E-state index contributed by atoms with van der Waals surface area (Å²) in [5, 5.41) is 0. The van der Waals surface area contributed by atoms with Gasteiger partial charge in [-0.15, -0.1) is 0 Å². The molecule has 0 unspecified atom stereocenters. The minimum atomic E-state index is -0.313. The highest BCUT2D eigenvalue weighted by atomic mass is 32.1. The van der Waals surface area contributed by atoms with Crippen LogP contribution in [-0.2, 0) is 16.1 Å². The number of nitrogens with zero attached hydrogens (tertiary/aromatic N) is 2. The first-order valence-corrected chi connectivity index (χ1v) is 9.82. The van der Waals surface area contributed by atoms with Gasteiger partial charge in [-0.2, -0.15) is 4.99 Å². The van der Waals surface area contributed by atoms with Crippen LogP contribution in [0.3, 0.4) is 0 Å². The van der Waals surface area contributed by atoms with Gasteiger partial charge in [-0.25, -0.2) is 0 Å². The van der Waals surface area contributed by atoms with E-state index in [2.05, 4.69) is 4.99 Å². The molecular formula is C21H22N2O4S. The highest BCUT2D eigenvalue weighted by Crippen LogP contribution is 2.23. The van der Waals surface area contributed by atoms with E-state index < -0.39 is 0 Å². The van der Waals surface area contributed by atoms with E-state index in [9.17, 15) is 9.59 Å². The zero-order chi connectivity index (χ0) is 20.1. The van der Waals surface area contributed by atoms with Gasteiger partial charge in [0, 0.05) is 18.2 Å². The minimum absolute atomic E-state index is 0.197. The van der Waals surface area contributed by atoms with Crippen molar-refractivity contribution >= 4 is 33.4 Å². The quantitative estimate of drug-likeness (QED) is 0.594. The van der Waals surface area contributed by atoms with Crippen molar-refractivity contribution in [2.75, 3.05) is 13.7 Å². The number of hydrogen-bond donors (Lipinski definition) is 0. The van der Waals surface area contributed by atoms with Gasteiger partial charge in [-0.05, 0) is 38.1 Å². The Morgan fingerprint density at radius 3 is 2.71 bits per heavy atom. The van der Waals surface area contributed by atoms with Crippen LogP contribution in [0.15, 0.2) is 47.5 Å². The average molecular weight is 398 g/mol. The molecule has 7 heteroatoms. The maximum atomic E-state index is 12.7. The summed E-state index contributed by atoms with van der Waals surface area (Å²) in [7, 11) is 1.60. The molecule has 0 saturated heterocycles. The SMILES string of the molecule is CCOC(=O)CCn1c(=NC(=O)c2cccc(C)c2)sc2ccc(OC)cc21. The number of thiazole rings is 1. The number of amides is 1. The zero-order valence-electron chi connectivity index (χ0n) is 16.1. The Kier molecular flexibility index (Phi) is 6.26. The fourth-order valence-corrected chi connectivity index (χ4v) is 3.88. The van der Waals surface area contributed by atoms with Gasteiger partial charge in [0.25, 0.3) is 5.91 Å². The topological polar surface area (TPSA) is 69.9 Å². The van der Waals surface area contributed by atoms with Gasteiger partial charge in [-0.3, -0.25) is 9.59 Å². The van der Waals surface area contributed by atoms with Gasteiger partial charge in [0.2, 0.25) is 0 Å². The molecule has 1 aromatic heterocycles. The Hall–Kier alpha value is -2.93. The smallest absolute Gasteiger partial charge is 0.307 e. The lowest BCUT2D eigenvalue weighted by Crippen LogP contribution is -2.19. The number of carbonyl (C=O) groups excluding carboxylic acids is 2. The van der Waals surface area contributed by atoms with Crippen LogP contribution < -0.4 is 9.54 Å². The number of fused-ring (bicyclic) bond motifs is 1. The predicted molar refractivity (Wildman–Crippen MR) is 109 cm³/mol. The molecule has 0 aliphatic rings. The lowest BCUT2D eigenvalue weighted by molar-refractivity contribution is -0.143. The van der Waals surface area contributed by atoms with E-state index in [-0.39, 0.29) is 18.3 Å². The number of ether oxygens (including phenoxy) is 2. The molecule has 3 aromatic rings. The molecule has 1 amide bonds. The van der Waals surface area contributed by atoms with Crippen molar-refractivity contribution in [1.82, 2.24) is 4.57 Å². The van der Waals surface area contributed by atoms with Crippen LogP contribution in [-0.4, -0.2) is 30.2 Å². The Bertz CT molecular complexity index is 1080. The summed E-state index contributed by atoms with van der Waals surface area (Å²) >= 11 is 1.40. The standard InChI is InChI=1S/C21H22N2O4S/c1-4-27-19(24)10-11-23-17-13-16(26-3)8-9-18(17)28-21(23)22-20(25)15-7-5-6-14(2)12-15/h5-9,12-13H,4,10-11H2,1-3H3. The van der Waals surface area contributed by atoms with Crippen molar-refractivity contribution < 1.29 is 19.1 Å². The first-order valence-electron chi connectivity index (χ1n) is 9.00. The largest absolute Gasteiger partial charge is 0.497 e. The Morgan fingerprint density at radius 1 is 1.18 bits per heavy atom. The molecule has 0 N–H and O–H groups in total. The second-order valence-corrected chi connectivity index (χ2v) is 7.22. The van der Waals surface area contributed by atoms with E-state index in [1.807, 2.05) is 47.9 Å². The van der Waals surface area contributed by atoms with Gasteiger partial charge in [0.15, 0.2) is 4.80 Å². The van der Waals surface area contributed by atoms with Crippen LogP contribution in [0.1, 0.15) is 29.3 Å². The van der Waals surface area contributed by atoms with Crippen molar-refractivity contribution in [1.29, 1.82) is 0 Å². The number of benzene rings is 2. The maximum Gasteiger partial charge on any atom is 0.307 e. The third kappa shape index (κ3) is 4.48. The van der Waals surface area contributed by atoms with Crippen LogP contribution in [0.2, 0.25) is 0 Å². The van der Waals surface area contributed by atoms with E-state index in [4.69, 9.17) is 9.47 Å². The first-order chi connectivity index (χ1) is 13.5. The molecule has 3 rings (SSSR count). The van der Waals surface area contributed by atoms with Crippen LogP contribution in [0.5, 0.6) is 5.75 Å². The van der Waals surface area contributed by atoms with Crippen LogP contribution in [0, 0.1) is 6.92 Å². The predicted octanol–water partition coefficient (Wildman–Crippen LogP) is 3.71. The molecule has 0 aliphatic carbocycles. The molecule has 0 atom stereocenters. The Morgan fingerprint density at radius 2 is 2.00 bits per heavy atom. The molecular weight excluding hydrogens is 376 g/mol. The van der Waals surface area contributed by atoms with E-state index in [0.29, 0.717) is 29.3 Å². The number of aromatic nitrogens is 1. The van der Waals surface area contributed by atoms with Gasteiger partial charge in [0.05, 0.1) is 30.4 Å². The first kappa shape index (κ1) is 19.8. The number of hydrogen-bond acceptors (Lipinski definition) is 5. The van der Waals surface area contributed by atoms with Gasteiger partial charge in [0.1, 0.15) is 5.75 Å². The van der Waals surface area contributed by atoms with E-state index >= 15 is 0 Å². The van der Waals surface area contributed by atoms with Gasteiger partial charge >= 0.3 is 5.97 Å². The highest BCUT2D eigenvalue weighted by Gasteiger charge is 2.12. The summed E-state index contributed by atoms with van der Waals surface area (Å²) in [4.78, 5) is 29.4. The molecule has 0 aliphatic heterocycles. The molecule has 6 nitrogen and oxygen atoms in total. The van der Waals surface area contributed by atoms with E-state index in [0.717, 1.165) is 15.8 Å². The molecule has 0 bridgehead atoms. The maximum absolute atomic E-state index is 12.7. The van der Waals surface area contributed by atoms with Crippen LogP contribution in [0.25, 0.3) is 10.2 Å². The summed E-state index contributed by atoms with van der Waals surface area (Å²) in [6, 6.07) is 13.0. The second kappa shape index (κ2) is 8.84. The summed E-state index contributed by atoms with van der Waals surface area (Å²) in [5.41, 5.74) is 2.40. The van der Waals surface area contributed by atoms with Gasteiger partial charge < -0.3 is 14.0 Å². The Labute approximate surface area is 167 Å². The van der Waals surface area contributed by atoms with Crippen molar-refractivity contribution in [2.24, 2.45) is 4.99 Å². The molecule has 0 saturated carbocycles. The molecule has 0 fully saturated rings. The second-order valence-electron chi connectivity index (χ2n) is 6.21. The number of carbonyl (C=O) groups is 2. The Balaban J connectivity index is 2.05. The van der Waals surface area contributed by atoms with Crippen molar-refractivity contribution in [2.45, 2.75) is 26.8 Å². The third-order valence-electron chi connectivity index (χ3n) is 4.20. The normalized spacial score (nSPS) is 11.6. The number of aryl methyl sites for hydroxylation is 2. The number of rotatable bonds is 6. The molecule has 146 valence electrons. The molecule has 0 radical (unpaired) electrons. The molecule has 0 spiro atoms. The fraction of sp³-hybridized carbons (Fsp3) is 0.286. The number of esters is 1. The molecule has 28 heavy (non-hydrogen) atoms. The lowest BCUT2D eigenvalue weighted by Gasteiger charge is -2.06. The lowest BCUT2D eigenvalue weighted by atomic mass is 10.1. The van der Waals surface area contributed by atoms with Crippen molar-refractivity contribution in [3.05, 3.63) is 58.4 Å². The highest BCUT2D eigenvalue weighted by molar-refractivity contribution is 7.16. The third-order valence-corrected chi connectivity index (χ3v) is 5.26. The van der Waals surface area contributed by atoms with Crippen molar-refractivity contribution in [3.8, 4) is 5.75 Å². The average Bonchev–Trinajstić information content (AvgIpc) is 3.02. The molecule has 2 aromatic carbocycles. The summed E-state index contributed by atoms with van der Waals surface area (Å²) in [6.07, 6.45) is 0.197. The summed E-state index contributed by atoms with van der Waals surface area (Å²) < 4.78 is 13.2. The van der Waals surface area contributed by atoms with Crippen LogP contribution >= 0.6 is 11.3 Å². The van der Waals surface area contributed by atoms with Crippen LogP contribution in [0.4, 0.5) is 0 Å². The van der Waals surface area contributed by atoms with Crippen molar-refractivity contribution in [3.63, 3.8) is 0 Å². The molecule has 1 heterocycles. The number of methoxy groups -OCH3 is 1. The zero-order valence-corrected chi connectivity index (χ0v) is 16.9. The summed E-state index contributed by atoms with van der Waals surface area (Å²) in [5.74, 6) is 0.104.